The smallest absolute Gasteiger partial charge is 0.335 e. The van der Waals surface area contributed by atoms with Crippen molar-refractivity contribution in [1.29, 1.82) is 0 Å². The molecule has 0 aliphatic heterocycles. The van der Waals surface area contributed by atoms with Crippen molar-refractivity contribution in [3.05, 3.63) is 29.8 Å². The molecular formula is C13H16N2O5. The molecule has 0 unspecified atom stereocenters. The number of rotatable bonds is 7. The first-order chi connectivity index (χ1) is 9.38. The van der Waals surface area contributed by atoms with E-state index in [4.69, 9.17) is 10.2 Å². The van der Waals surface area contributed by atoms with E-state index in [9.17, 15) is 14.4 Å². The first kappa shape index (κ1) is 15.6. The Morgan fingerprint density at radius 2 is 1.75 bits per heavy atom. The lowest BCUT2D eigenvalue weighted by atomic mass is 10.2. The molecule has 7 nitrogen and oxygen atoms in total. The van der Waals surface area contributed by atoms with Gasteiger partial charge in [0.25, 0.3) is 0 Å². The van der Waals surface area contributed by atoms with Gasteiger partial charge >= 0.3 is 11.9 Å². The van der Waals surface area contributed by atoms with Crippen LogP contribution in [-0.2, 0) is 9.59 Å². The first-order valence-electron chi connectivity index (χ1n) is 5.92. The van der Waals surface area contributed by atoms with Crippen LogP contribution < -0.4 is 5.32 Å². The summed E-state index contributed by atoms with van der Waals surface area (Å²) in [4.78, 5) is 34.3. The quantitative estimate of drug-likeness (QED) is 0.679. The number of nitrogens with zero attached hydrogens (tertiary/aromatic N) is 1. The van der Waals surface area contributed by atoms with Gasteiger partial charge in [-0.05, 0) is 31.3 Å². The van der Waals surface area contributed by atoms with Crippen molar-refractivity contribution in [2.75, 3.05) is 25.5 Å². The highest BCUT2D eigenvalue weighted by Gasteiger charge is 2.09. The lowest BCUT2D eigenvalue weighted by Crippen LogP contribution is -2.31. The average Bonchev–Trinajstić information content (AvgIpc) is 2.36. The Bertz CT molecular complexity index is 498. The molecule has 0 aromatic heterocycles. The Morgan fingerprint density at radius 3 is 2.25 bits per heavy atom. The number of carbonyl (C=O) groups excluding carboxylic acids is 1. The summed E-state index contributed by atoms with van der Waals surface area (Å²) < 4.78 is 0. The lowest BCUT2D eigenvalue weighted by molar-refractivity contribution is -0.137. The molecule has 1 rings (SSSR count). The molecule has 0 spiro atoms. The van der Waals surface area contributed by atoms with Crippen LogP contribution in [0.25, 0.3) is 0 Å². The Balaban J connectivity index is 2.45. The Kier molecular flexibility index (Phi) is 5.67. The molecule has 0 fully saturated rings. The summed E-state index contributed by atoms with van der Waals surface area (Å²) in [5, 5.41) is 19.9. The van der Waals surface area contributed by atoms with Crippen molar-refractivity contribution in [3.63, 3.8) is 0 Å². The summed E-state index contributed by atoms with van der Waals surface area (Å²) in [6.07, 6.45) is -0.0307. The minimum atomic E-state index is -1.03. The van der Waals surface area contributed by atoms with Gasteiger partial charge in [-0.1, -0.05) is 0 Å². The van der Waals surface area contributed by atoms with Crippen LogP contribution in [0.15, 0.2) is 24.3 Å². The third-order valence-electron chi connectivity index (χ3n) is 2.54. The molecule has 0 saturated heterocycles. The van der Waals surface area contributed by atoms with E-state index in [0.29, 0.717) is 5.69 Å². The number of benzene rings is 1. The van der Waals surface area contributed by atoms with Gasteiger partial charge in [0.2, 0.25) is 5.91 Å². The van der Waals surface area contributed by atoms with Crippen LogP contribution in [0.4, 0.5) is 5.69 Å². The molecule has 3 N–H and O–H groups in total. The van der Waals surface area contributed by atoms with Crippen molar-refractivity contribution in [1.82, 2.24) is 4.90 Å². The van der Waals surface area contributed by atoms with Crippen LogP contribution in [0.1, 0.15) is 16.8 Å². The number of hydrogen-bond acceptors (Lipinski definition) is 4. The highest BCUT2D eigenvalue weighted by molar-refractivity contribution is 5.93. The third kappa shape index (κ3) is 5.49. The zero-order chi connectivity index (χ0) is 15.1. The number of amides is 1. The van der Waals surface area contributed by atoms with Crippen molar-refractivity contribution in [2.45, 2.75) is 6.42 Å². The summed E-state index contributed by atoms with van der Waals surface area (Å²) >= 11 is 0. The Labute approximate surface area is 115 Å². The maximum Gasteiger partial charge on any atom is 0.335 e. The first-order valence-corrected chi connectivity index (χ1v) is 5.92. The normalized spacial score (nSPS) is 10.3. The molecule has 108 valence electrons. The van der Waals surface area contributed by atoms with Crippen molar-refractivity contribution in [2.24, 2.45) is 0 Å². The average molecular weight is 280 g/mol. The number of carbonyl (C=O) groups is 3. The molecule has 7 heteroatoms. The fourth-order valence-corrected chi connectivity index (χ4v) is 1.51. The molecule has 1 aromatic rings. The maximum atomic E-state index is 11.7. The number of likely N-dealkylation sites (N-methyl/N-ethyl adjacent to an activating group) is 1. The van der Waals surface area contributed by atoms with Crippen LogP contribution >= 0.6 is 0 Å². The number of nitrogens with one attached hydrogen (secondary N) is 1. The molecule has 1 aromatic carbocycles. The molecule has 0 bridgehead atoms. The standard InChI is InChI=1S/C13H16N2O5/c1-15(7-6-12(17)18)8-11(16)14-10-4-2-9(3-5-10)13(19)20/h2-5H,6-8H2,1H3,(H,14,16)(H,17,18)(H,19,20). The second-order valence-corrected chi connectivity index (χ2v) is 4.31. The van der Waals surface area contributed by atoms with E-state index in [1.54, 1.807) is 11.9 Å². The Morgan fingerprint density at radius 1 is 1.15 bits per heavy atom. The van der Waals surface area contributed by atoms with E-state index in [1.807, 2.05) is 0 Å². The predicted molar refractivity (Wildman–Crippen MR) is 71.8 cm³/mol. The Hall–Kier alpha value is -2.41. The second-order valence-electron chi connectivity index (χ2n) is 4.31. The number of aromatic carboxylic acids is 1. The zero-order valence-corrected chi connectivity index (χ0v) is 11.0. The molecule has 1 amide bonds. The van der Waals surface area contributed by atoms with E-state index in [1.165, 1.54) is 24.3 Å². The van der Waals surface area contributed by atoms with Gasteiger partial charge in [-0.3, -0.25) is 14.5 Å². The molecule has 0 saturated carbocycles. The molecule has 20 heavy (non-hydrogen) atoms. The van der Waals surface area contributed by atoms with Gasteiger partial charge in [-0.25, -0.2) is 4.79 Å². The zero-order valence-electron chi connectivity index (χ0n) is 11.0. The van der Waals surface area contributed by atoms with Crippen LogP contribution in [0.2, 0.25) is 0 Å². The van der Waals surface area contributed by atoms with Crippen molar-refractivity contribution >= 4 is 23.5 Å². The van der Waals surface area contributed by atoms with Gasteiger partial charge in [0.05, 0.1) is 18.5 Å². The number of carboxylic acids is 2. The van der Waals surface area contributed by atoms with Gasteiger partial charge in [-0.15, -0.1) is 0 Å². The number of carboxylic acid groups (broad SMARTS) is 2. The third-order valence-corrected chi connectivity index (χ3v) is 2.54. The second kappa shape index (κ2) is 7.25. The fourth-order valence-electron chi connectivity index (χ4n) is 1.51. The number of anilines is 1. The lowest BCUT2D eigenvalue weighted by Gasteiger charge is -2.15. The summed E-state index contributed by atoms with van der Waals surface area (Å²) in [5.74, 6) is -2.24. The molecule has 0 heterocycles. The minimum Gasteiger partial charge on any atom is -0.481 e. The number of aliphatic carboxylic acids is 1. The van der Waals surface area contributed by atoms with Crippen molar-refractivity contribution < 1.29 is 24.6 Å². The van der Waals surface area contributed by atoms with Crippen LogP contribution in [0, 0.1) is 0 Å². The van der Waals surface area contributed by atoms with Crippen molar-refractivity contribution in [3.8, 4) is 0 Å². The maximum absolute atomic E-state index is 11.7. The molecule has 0 radical (unpaired) electrons. The van der Waals surface area contributed by atoms with E-state index < -0.39 is 11.9 Å². The highest BCUT2D eigenvalue weighted by atomic mass is 16.4. The van der Waals surface area contributed by atoms with Crippen LogP contribution in [0.3, 0.4) is 0 Å². The summed E-state index contributed by atoms with van der Waals surface area (Å²) in [6, 6.07) is 5.79. The monoisotopic (exact) mass is 280 g/mol. The van der Waals surface area contributed by atoms with E-state index in [2.05, 4.69) is 5.32 Å². The predicted octanol–water partition coefficient (Wildman–Crippen LogP) is 0.730. The summed E-state index contributed by atoms with van der Waals surface area (Å²) in [6.45, 7) is 0.342. The van der Waals surface area contributed by atoms with Gasteiger partial charge in [0.1, 0.15) is 0 Å². The summed E-state index contributed by atoms with van der Waals surface area (Å²) in [7, 11) is 1.65. The summed E-state index contributed by atoms with van der Waals surface area (Å²) in [5.41, 5.74) is 0.633. The topological polar surface area (TPSA) is 107 Å². The van der Waals surface area contributed by atoms with Crippen LogP contribution in [-0.4, -0.2) is 53.1 Å². The van der Waals surface area contributed by atoms with Crippen LogP contribution in [0.5, 0.6) is 0 Å². The SMILES string of the molecule is CN(CCC(=O)O)CC(=O)Nc1ccc(C(=O)O)cc1. The van der Waals surface area contributed by atoms with Gasteiger partial charge < -0.3 is 15.5 Å². The number of hydrogen-bond donors (Lipinski definition) is 3. The molecule has 0 aliphatic rings. The van der Waals surface area contributed by atoms with Gasteiger partial charge in [-0.2, -0.15) is 0 Å². The highest BCUT2D eigenvalue weighted by Crippen LogP contribution is 2.09. The fraction of sp³-hybridized carbons (Fsp3) is 0.308. The van der Waals surface area contributed by atoms with E-state index >= 15 is 0 Å². The van der Waals surface area contributed by atoms with E-state index in [0.717, 1.165) is 0 Å². The molecule has 0 aliphatic carbocycles. The van der Waals surface area contributed by atoms with Gasteiger partial charge in [0.15, 0.2) is 0 Å². The van der Waals surface area contributed by atoms with E-state index in [-0.39, 0.29) is 31.0 Å². The van der Waals surface area contributed by atoms with Gasteiger partial charge in [0, 0.05) is 12.2 Å². The molecular weight excluding hydrogens is 264 g/mol. The largest absolute Gasteiger partial charge is 0.481 e. The molecule has 0 atom stereocenters. The minimum absolute atomic E-state index is 0.0307.